The number of hydrogen-bond acceptors (Lipinski definition) is 3. The normalized spacial score (nSPS) is 11.6. The van der Waals surface area contributed by atoms with E-state index in [-0.39, 0.29) is 22.5 Å². The van der Waals surface area contributed by atoms with E-state index in [0.717, 1.165) is 0 Å². The van der Waals surface area contributed by atoms with Crippen LogP contribution in [0, 0.1) is 35.8 Å². The van der Waals surface area contributed by atoms with Crippen molar-refractivity contribution in [1.82, 2.24) is 0 Å². The Labute approximate surface area is 184 Å². The highest BCUT2D eigenvalue weighted by molar-refractivity contribution is 6.05. The summed E-state index contributed by atoms with van der Waals surface area (Å²) in [4.78, 5) is 6.57. The molecule has 6 nitrogen and oxygen atoms in total. The zero-order valence-electron chi connectivity index (χ0n) is 16.6. The summed E-state index contributed by atoms with van der Waals surface area (Å²) in [5.74, 6) is 2.19. The lowest BCUT2D eigenvalue weighted by Crippen LogP contribution is -1.91. The smallest absolute Gasteiger partial charge is 0.270 e. The fraction of sp³-hybridized carbons (Fsp3) is 0. The highest BCUT2D eigenvalue weighted by atomic mass is 16.3. The molecule has 0 N–H and O–H groups in total. The van der Waals surface area contributed by atoms with Crippen LogP contribution in [0.25, 0.3) is 43.4 Å². The maximum absolute atomic E-state index is 9.72. The summed E-state index contributed by atoms with van der Waals surface area (Å²) in [5, 5.41) is 29.1. The molecule has 3 rings (SSSR count). The molecule has 0 bridgehead atoms. The van der Waals surface area contributed by atoms with E-state index in [1.807, 2.05) is 18.0 Å². The van der Waals surface area contributed by atoms with Gasteiger partial charge in [-0.1, -0.05) is 54.6 Å². The van der Waals surface area contributed by atoms with Crippen LogP contribution in [0.15, 0.2) is 82.4 Å². The molecule has 0 aliphatic rings. The highest BCUT2D eigenvalue weighted by Gasteiger charge is 2.16. The van der Waals surface area contributed by atoms with Crippen LogP contribution in [0.3, 0.4) is 0 Å². The van der Waals surface area contributed by atoms with Crippen molar-refractivity contribution in [2.45, 2.75) is 0 Å². The third-order valence-electron chi connectivity index (χ3n) is 4.49. The van der Waals surface area contributed by atoms with Gasteiger partial charge < -0.3 is 9.83 Å². The van der Waals surface area contributed by atoms with Crippen molar-refractivity contribution in [1.29, 1.82) is 10.5 Å². The first-order chi connectivity index (χ1) is 15.7. The summed E-state index contributed by atoms with van der Waals surface area (Å²) in [6.45, 7) is 14.6. The van der Waals surface area contributed by atoms with Crippen LogP contribution in [-0.4, -0.2) is 5.87 Å². The maximum atomic E-state index is 9.72. The predicted octanol–water partition coefficient (Wildman–Crippen LogP) is 6.25. The highest BCUT2D eigenvalue weighted by Crippen LogP contribution is 2.32. The van der Waals surface area contributed by atoms with Crippen molar-refractivity contribution in [2.24, 2.45) is 0 Å². The zero-order valence-corrected chi connectivity index (χ0v) is 16.6. The molecular formula is C26H12N5O-. The summed E-state index contributed by atoms with van der Waals surface area (Å²) in [7, 11) is 0. The van der Waals surface area contributed by atoms with E-state index < -0.39 is 0 Å². The number of nitrogens with zero attached hydrogens (tertiary/aromatic N) is 5. The van der Waals surface area contributed by atoms with E-state index >= 15 is 0 Å². The Balaban J connectivity index is 2.15. The fourth-order valence-corrected chi connectivity index (χ4v) is 3.13. The number of para-hydroxylation sites is 1. The van der Waals surface area contributed by atoms with Gasteiger partial charge in [0.1, 0.15) is 11.3 Å². The quantitative estimate of drug-likeness (QED) is 0.215. The summed E-state index contributed by atoms with van der Waals surface area (Å²) in [6, 6.07) is 19.7. The molecule has 1 heterocycles. The molecular weight excluding hydrogens is 398 g/mol. The van der Waals surface area contributed by atoms with Gasteiger partial charge in [-0.2, -0.15) is 5.26 Å². The van der Waals surface area contributed by atoms with E-state index in [4.69, 9.17) is 17.6 Å². The minimum Gasteiger partial charge on any atom is -0.775 e. The molecule has 0 aliphatic carbocycles. The molecule has 0 amide bonds. The Hall–Kier alpha value is -5.39. The molecule has 32 heavy (non-hydrogen) atoms. The Morgan fingerprint density at radius 3 is 2.31 bits per heavy atom. The molecule has 148 valence electrons. The molecule has 6 heteroatoms. The first kappa shape index (κ1) is 21.3. The lowest BCUT2D eigenvalue weighted by molar-refractivity contribution is 0.603. The number of rotatable bonds is 5. The van der Waals surface area contributed by atoms with E-state index in [0.29, 0.717) is 27.9 Å². The first-order valence-corrected chi connectivity index (χ1v) is 9.21. The zero-order chi connectivity index (χ0) is 22.9. The largest absolute Gasteiger partial charge is 0.775 e. The summed E-state index contributed by atoms with van der Waals surface area (Å²) in [5.41, 5.74) is 1.50. The number of allylic oxidation sites excluding steroid dienone is 5. The van der Waals surface area contributed by atoms with Gasteiger partial charge >= 0.3 is 0 Å². The molecule has 2 aromatic carbocycles. The molecule has 0 radical (unpaired) electrons. The van der Waals surface area contributed by atoms with Gasteiger partial charge in [0.2, 0.25) is 5.70 Å². The van der Waals surface area contributed by atoms with Gasteiger partial charge in [0.15, 0.2) is 0 Å². The van der Waals surface area contributed by atoms with E-state index in [1.165, 1.54) is 12.2 Å². The van der Waals surface area contributed by atoms with Gasteiger partial charge in [-0.05, 0) is 23.8 Å². The van der Waals surface area contributed by atoms with E-state index in [9.17, 15) is 15.9 Å². The molecule has 0 atom stereocenters. The second-order valence-electron chi connectivity index (χ2n) is 6.27. The molecule has 0 spiro atoms. The second kappa shape index (κ2) is 9.89. The molecule has 0 saturated carbocycles. The summed E-state index contributed by atoms with van der Waals surface area (Å²) >= 11 is 0. The second-order valence-corrected chi connectivity index (χ2v) is 6.27. The number of fused-ring (bicyclic) bond motifs is 1. The number of furan rings is 1. The molecule has 0 saturated heterocycles. The van der Waals surface area contributed by atoms with Gasteiger partial charge in [-0.3, -0.25) is 5.87 Å². The van der Waals surface area contributed by atoms with Crippen LogP contribution in [0.2, 0.25) is 0 Å². The maximum Gasteiger partial charge on any atom is 0.270 e. The minimum atomic E-state index is -0.199. The van der Waals surface area contributed by atoms with Crippen molar-refractivity contribution < 1.29 is 4.42 Å². The van der Waals surface area contributed by atoms with Gasteiger partial charge in [0, 0.05) is 16.5 Å². The monoisotopic (exact) mass is 410 g/mol. The van der Waals surface area contributed by atoms with Gasteiger partial charge in [0.25, 0.3) is 5.70 Å². The molecule has 1 aromatic heterocycles. The van der Waals surface area contributed by atoms with Crippen molar-refractivity contribution >= 4 is 34.2 Å². The SMILES string of the molecule is [C-]#[N+]C(=C=[N-])c1c(/C=C/C=C(C#N)/C(=C(/C#N)[N+]#[C-])c2ccccc2)oc2ccccc12. The van der Waals surface area contributed by atoms with E-state index in [1.54, 1.807) is 60.7 Å². The number of hydrogen-bond donors (Lipinski definition) is 0. The van der Waals surface area contributed by atoms with Crippen molar-refractivity contribution in [3.05, 3.63) is 123 Å². The fourth-order valence-electron chi connectivity index (χ4n) is 3.13. The minimum absolute atomic E-state index is 0.108. The van der Waals surface area contributed by atoms with Crippen LogP contribution >= 0.6 is 0 Å². The number of benzene rings is 2. The lowest BCUT2D eigenvalue weighted by Gasteiger charge is -2.06. The average Bonchev–Trinajstić information content (AvgIpc) is 3.20. The van der Waals surface area contributed by atoms with Gasteiger partial charge in [0.05, 0.1) is 30.9 Å². The Morgan fingerprint density at radius 1 is 0.969 bits per heavy atom. The van der Waals surface area contributed by atoms with Crippen molar-refractivity contribution in [3.8, 4) is 12.1 Å². The van der Waals surface area contributed by atoms with Gasteiger partial charge in [-0.25, -0.2) is 15.0 Å². The van der Waals surface area contributed by atoms with Crippen LogP contribution in [0.1, 0.15) is 16.9 Å². The summed E-state index contributed by atoms with van der Waals surface area (Å²) in [6.07, 6.45) is 4.54. The topological polar surface area (TPSA) is 91.7 Å². The van der Waals surface area contributed by atoms with Crippen LogP contribution in [-0.2, 0) is 0 Å². The standard InChI is InChI=1S/C26H12N5O/c1-30-21(16-28)25(18-9-4-3-5-10-18)19(15-27)11-8-14-24-26(22(17-29)31-2)20-12-6-7-13-23(20)32-24/h3-14H/q-1/b14-8+,19-11+,25-21-. The van der Waals surface area contributed by atoms with Crippen LogP contribution < -0.4 is 0 Å². The Morgan fingerprint density at radius 2 is 1.69 bits per heavy atom. The van der Waals surface area contributed by atoms with Crippen LogP contribution in [0.4, 0.5) is 0 Å². The third-order valence-corrected chi connectivity index (χ3v) is 4.49. The molecule has 0 unspecified atom stereocenters. The van der Waals surface area contributed by atoms with E-state index in [2.05, 4.69) is 9.69 Å². The van der Waals surface area contributed by atoms with Crippen molar-refractivity contribution in [2.75, 3.05) is 0 Å². The lowest BCUT2D eigenvalue weighted by atomic mass is 9.96. The Kier molecular flexibility index (Phi) is 6.59. The van der Waals surface area contributed by atoms with Crippen LogP contribution in [0.5, 0.6) is 0 Å². The van der Waals surface area contributed by atoms with Crippen molar-refractivity contribution in [3.63, 3.8) is 0 Å². The molecule has 0 fully saturated rings. The predicted molar refractivity (Wildman–Crippen MR) is 123 cm³/mol. The number of nitriles is 2. The average molecular weight is 410 g/mol. The van der Waals surface area contributed by atoms with Gasteiger partial charge in [-0.15, -0.1) is 0 Å². The summed E-state index contributed by atoms with van der Waals surface area (Å²) < 4.78 is 5.81. The third kappa shape index (κ3) is 4.13. The molecule has 3 aromatic rings. The first-order valence-electron chi connectivity index (χ1n) is 9.21. The molecule has 0 aliphatic heterocycles. The Bertz CT molecular complexity index is 1480.